The first kappa shape index (κ1) is 19.9. The van der Waals surface area contributed by atoms with E-state index in [-0.39, 0.29) is 5.91 Å². The van der Waals surface area contributed by atoms with Crippen molar-refractivity contribution in [1.82, 2.24) is 19.8 Å². The summed E-state index contributed by atoms with van der Waals surface area (Å²) in [5, 5.41) is 17.2. The molecule has 1 aliphatic rings. The van der Waals surface area contributed by atoms with Gasteiger partial charge in [-0.25, -0.2) is 0 Å². The molecule has 5 rings (SSSR count). The second kappa shape index (κ2) is 7.89. The van der Waals surface area contributed by atoms with Crippen LogP contribution in [0, 0.1) is 6.92 Å². The highest BCUT2D eigenvalue weighted by molar-refractivity contribution is 7.19. The molecule has 0 radical (unpaired) electrons. The Bertz CT molecular complexity index is 1240. The summed E-state index contributed by atoms with van der Waals surface area (Å²) in [4.78, 5) is 14.4. The molecule has 0 saturated heterocycles. The Morgan fingerprint density at radius 3 is 2.65 bits per heavy atom. The third-order valence-electron chi connectivity index (χ3n) is 6.32. The molecule has 7 heteroatoms. The van der Waals surface area contributed by atoms with Crippen molar-refractivity contribution in [3.8, 4) is 10.6 Å². The molecule has 2 aromatic heterocycles. The second-order valence-electron chi connectivity index (χ2n) is 8.21. The van der Waals surface area contributed by atoms with E-state index in [1.165, 1.54) is 11.3 Å². The van der Waals surface area contributed by atoms with Gasteiger partial charge in [-0.05, 0) is 37.0 Å². The Morgan fingerprint density at radius 1 is 1.13 bits per heavy atom. The van der Waals surface area contributed by atoms with Gasteiger partial charge in [0.05, 0.1) is 5.41 Å². The van der Waals surface area contributed by atoms with Gasteiger partial charge in [-0.1, -0.05) is 73.6 Å². The number of hydrogen-bond donors (Lipinski definition) is 1. The van der Waals surface area contributed by atoms with Crippen LogP contribution in [0.4, 0.5) is 5.69 Å². The number of carbonyl (C=O) groups is 1. The number of rotatable bonds is 5. The highest BCUT2D eigenvalue weighted by atomic mass is 32.1. The molecule has 0 bridgehead atoms. The van der Waals surface area contributed by atoms with Gasteiger partial charge in [-0.15, -0.1) is 10.2 Å². The largest absolute Gasteiger partial charge is 0.325 e. The van der Waals surface area contributed by atoms with Crippen LogP contribution in [0.15, 0.2) is 48.5 Å². The lowest BCUT2D eigenvalue weighted by Gasteiger charge is -2.28. The number of nitrogens with one attached hydrogen (secondary N) is 1. The smallest absolute Gasteiger partial charge is 0.235 e. The van der Waals surface area contributed by atoms with Gasteiger partial charge in [0.1, 0.15) is 5.01 Å². The summed E-state index contributed by atoms with van der Waals surface area (Å²) in [5.41, 5.74) is 3.51. The second-order valence-corrected chi connectivity index (χ2v) is 9.17. The predicted octanol–water partition coefficient (Wildman–Crippen LogP) is 5.17. The Balaban J connectivity index is 1.47. The number of hydrogen-bond acceptors (Lipinski definition) is 5. The van der Waals surface area contributed by atoms with Crippen LogP contribution < -0.4 is 5.32 Å². The number of aryl methyl sites for hydroxylation is 2. The van der Waals surface area contributed by atoms with Crippen LogP contribution in [-0.4, -0.2) is 25.7 Å². The molecular weight excluding hydrogens is 406 g/mol. The van der Waals surface area contributed by atoms with E-state index in [1.807, 2.05) is 50.2 Å². The minimum absolute atomic E-state index is 0.0860. The van der Waals surface area contributed by atoms with Gasteiger partial charge in [0.2, 0.25) is 10.9 Å². The Hall–Kier alpha value is -3.06. The van der Waals surface area contributed by atoms with Crippen molar-refractivity contribution in [2.75, 3.05) is 5.32 Å². The summed E-state index contributed by atoms with van der Waals surface area (Å²) in [5.74, 6) is 0.937. The maximum atomic E-state index is 13.6. The molecule has 1 fully saturated rings. The van der Waals surface area contributed by atoms with Crippen molar-refractivity contribution in [2.45, 2.75) is 51.4 Å². The zero-order valence-electron chi connectivity index (χ0n) is 17.8. The average molecular weight is 432 g/mol. The maximum absolute atomic E-state index is 13.6. The summed E-state index contributed by atoms with van der Waals surface area (Å²) in [6, 6.07) is 16.3. The van der Waals surface area contributed by atoms with E-state index in [0.717, 1.165) is 70.3 Å². The van der Waals surface area contributed by atoms with E-state index in [0.29, 0.717) is 0 Å². The highest BCUT2D eigenvalue weighted by Crippen LogP contribution is 2.42. The van der Waals surface area contributed by atoms with E-state index in [9.17, 15) is 4.79 Å². The van der Waals surface area contributed by atoms with Crippen LogP contribution in [0.5, 0.6) is 0 Å². The lowest BCUT2D eigenvalue weighted by molar-refractivity contribution is -0.121. The van der Waals surface area contributed by atoms with Gasteiger partial charge >= 0.3 is 0 Å². The molecule has 0 atom stereocenters. The Morgan fingerprint density at radius 2 is 1.90 bits per heavy atom. The minimum Gasteiger partial charge on any atom is -0.325 e. The van der Waals surface area contributed by atoms with Crippen molar-refractivity contribution < 1.29 is 4.79 Å². The van der Waals surface area contributed by atoms with Crippen LogP contribution >= 0.6 is 11.3 Å². The van der Waals surface area contributed by atoms with Crippen molar-refractivity contribution in [1.29, 1.82) is 0 Å². The molecule has 0 spiro atoms. The topological polar surface area (TPSA) is 72.2 Å². The number of carbonyl (C=O) groups excluding carboxylic acids is 1. The van der Waals surface area contributed by atoms with Gasteiger partial charge in [0, 0.05) is 17.7 Å². The Labute approximate surface area is 185 Å². The third kappa shape index (κ3) is 3.43. The summed E-state index contributed by atoms with van der Waals surface area (Å²) >= 11 is 1.51. The molecule has 0 aliphatic heterocycles. The SMILES string of the molecule is CCc1nnc2sc(-c3ccc(C)c(NC(=O)C4(c5ccccc5)CCCC4)c3)nn12. The number of aromatic nitrogens is 4. The molecule has 4 aromatic rings. The fraction of sp³-hybridized carbons (Fsp3) is 0.333. The normalized spacial score (nSPS) is 15.4. The van der Waals surface area contributed by atoms with Gasteiger partial charge in [0.15, 0.2) is 5.82 Å². The fourth-order valence-corrected chi connectivity index (χ4v) is 5.36. The molecule has 158 valence electrons. The molecule has 2 aromatic carbocycles. The number of fused-ring (bicyclic) bond motifs is 1. The molecule has 2 heterocycles. The number of amides is 1. The van der Waals surface area contributed by atoms with E-state index >= 15 is 0 Å². The van der Waals surface area contributed by atoms with Crippen LogP contribution in [0.25, 0.3) is 15.5 Å². The molecular formula is C24H25N5OS. The van der Waals surface area contributed by atoms with Crippen molar-refractivity contribution in [3.63, 3.8) is 0 Å². The van der Waals surface area contributed by atoms with Crippen molar-refractivity contribution in [3.05, 3.63) is 65.5 Å². The fourth-order valence-electron chi connectivity index (χ4n) is 4.51. The highest BCUT2D eigenvalue weighted by Gasteiger charge is 2.42. The first-order valence-electron chi connectivity index (χ1n) is 10.8. The first-order valence-corrected chi connectivity index (χ1v) is 11.6. The number of anilines is 1. The minimum atomic E-state index is -0.451. The standard InChI is InChI=1S/C24H25N5OS/c1-3-20-26-27-23-29(20)28-21(31-23)17-12-11-16(2)19(15-17)25-22(30)24(13-7-8-14-24)18-9-5-4-6-10-18/h4-6,9-12,15H,3,7-8,13-14H2,1-2H3,(H,25,30). The van der Waals surface area contributed by atoms with E-state index in [2.05, 4.69) is 27.6 Å². The zero-order valence-corrected chi connectivity index (χ0v) is 18.6. The lowest BCUT2D eigenvalue weighted by Crippen LogP contribution is -2.38. The molecule has 6 nitrogen and oxygen atoms in total. The first-order chi connectivity index (χ1) is 15.1. The summed E-state index contributed by atoms with van der Waals surface area (Å²) < 4.78 is 1.81. The van der Waals surface area contributed by atoms with Crippen LogP contribution in [-0.2, 0) is 16.6 Å². The Kier molecular flexibility index (Phi) is 5.06. The van der Waals surface area contributed by atoms with Crippen LogP contribution in [0.3, 0.4) is 0 Å². The summed E-state index contributed by atoms with van der Waals surface area (Å²) in [6.45, 7) is 4.07. The van der Waals surface area contributed by atoms with E-state index < -0.39 is 5.41 Å². The summed E-state index contributed by atoms with van der Waals surface area (Å²) in [6.07, 6.45) is 4.71. The summed E-state index contributed by atoms with van der Waals surface area (Å²) in [7, 11) is 0. The molecule has 1 aliphatic carbocycles. The van der Waals surface area contributed by atoms with E-state index in [1.54, 1.807) is 4.52 Å². The van der Waals surface area contributed by atoms with E-state index in [4.69, 9.17) is 5.10 Å². The molecule has 1 amide bonds. The van der Waals surface area contributed by atoms with Crippen LogP contribution in [0.2, 0.25) is 0 Å². The molecule has 1 saturated carbocycles. The van der Waals surface area contributed by atoms with Gasteiger partial charge in [-0.2, -0.15) is 9.61 Å². The molecule has 1 N–H and O–H groups in total. The number of benzene rings is 2. The van der Waals surface area contributed by atoms with Gasteiger partial charge in [-0.3, -0.25) is 4.79 Å². The molecule has 31 heavy (non-hydrogen) atoms. The van der Waals surface area contributed by atoms with Crippen LogP contribution in [0.1, 0.15) is 49.6 Å². The number of nitrogens with zero attached hydrogens (tertiary/aromatic N) is 4. The average Bonchev–Trinajstić information content (AvgIpc) is 3.52. The monoisotopic (exact) mass is 431 g/mol. The maximum Gasteiger partial charge on any atom is 0.235 e. The third-order valence-corrected chi connectivity index (χ3v) is 7.27. The van der Waals surface area contributed by atoms with Crippen molar-refractivity contribution >= 4 is 27.9 Å². The van der Waals surface area contributed by atoms with Gasteiger partial charge < -0.3 is 5.32 Å². The van der Waals surface area contributed by atoms with Crippen molar-refractivity contribution in [2.24, 2.45) is 0 Å². The zero-order chi connectivity index (χ0) is 21.4. The molecule has 0 unspecified atom stereocenters. The quantitative estimate of drug-likeness (QED) is 0.473. The van der Waals surface area contributed by atoms with Gasteiger partial charge in [0.25, 0.3) is 0 Å². The predicted molar refractivity (Wildman–Crippen MR) is 123 cm³/mol. The lowest BCUT2D eigenvalue weighted by atomic mass is 9.78.